The van der Waals surface area contributed by atoms with Crippen LogP contribution in [-0.4, -0.2) is 19.6 Å². The first-order valence-corrected chi connectivity index (χ1v) is 6.00. The first kappa shape index (κ1) is 12.8. The van der Waals surface area contributed by atoms with E-state index in [1.165, 1.54) is 0 Å². The van der Waals surface area contributed by atoms with Gasteiger partial charge in [0.25, 0.3) is 0 Å². The molecule has 1 saturated heterocycles. The van der Waals surface area contributed by atoms with Crippen LogP contribution in [0.25, 0.3) is 0 Å². The first-order chi connectivity index (χ1) is 8.65. The molecule has 1 aromatic carbocycles. The average molecular weight is 251 g/mol. The van der Waals surface area contributed by atoms with Crippen molar-refractivity contribution >= 4 is 5.69 Å². The summed E-state index contributed by atoms with van der Waals surface area (Å²) in [6.07, 6.45) is 1.87. The molecule has 3 nitrogen and oxygen atoms in total. The van der Waals surface area contributed by atoms with Gasteiger partial charge in [-0.15, -0.1) is 0 Å². The van der Waals surface area contributed by atoms with Crippen LogP contribution in [0, 0.1) is 28.9 Å². The second kappa shape index (κ2) is 5.32. The van der Waals surface area contributed by atoms with Crippen LogP contribution in [0.15, 0.2) is 12.1 Å². The molecule has 1 aromatic rings. The Bertz CT molecular complexity index is 459. The van der Waals surface area contributed by atoms with E-state index in [2.05, 4.69) is 0 Å². The predicted molar refractivity (Wildman–Crippen MR) is 65.1 cm³/mol. The van der Waals surface area contributed by atoms with Crippen LogP contribution in [-0.2, 0) is 0 Å². The van der Waals surface area contributed by atoms with Gasteiger partial charge >= 0.3 is 0 Å². The van der Waals surface area contributed by atoms with Gasteiger partial charge < -0.3 is 10.6 Å². The lowest BCUT2D eigenvalue weighted by molar-refractivity contribution is 0.415. The number of hydrogen-bond donors (Lipinski definition) is 1. The molecule has 0 aromatic heterocycles. The van der Waals surface area contributed by atoms with Crippen LogP contribution in [0.5, 0.6) is 0 Å². The molecular formula is C13H15F2N3. The van der Waals surface area contributed by atoms with E-state index in [1.807, 2.05) is 0 Å². The van der Waals surface area contributed by atoms with Gasteiger partial charge in [0.15, 0.2) is 11.6 Å². The number of nitriles is 1. The minimum atomic E-state index is -0.677. The van der Waals surface area contributed by atoms with Crippen LogP contribution >= 0.6 is 0 Å². The van der Waals surface area contributed by atoms with E-state index in [4.69, 9.17) is 11.0 Å². The number of hydrogen-bond acceptors (Lipinski definition) is 3. The first-order valence-electron chi connectivity index (χ1n) is 6.00. The number of nitrogens with two attached hydrogens (primary N) is 1. The highest BCUT2D eigenvalue weighted by atomic mass is 19.1. The molecule has 0 amide bonds. The van der Waals surface area contributed by atoms with Crippen molar-refractivity contribution in [2.24, 2.45) is 11.7 Å². The second-order valence-electron chi connectivity index (χ2n) is 4.59. The smallest absolute Gasteiger partial charge is 0.150 e. The van der Waals surface area contributed by atoms with Gasteiger partial charge in [-0.2, -0.15) is 5.26 Å². The van der Waals surface area contributed by atoms with Crippen LogP contribution in [0.2, 0.25) is 0 Å². The summed E-state index contributed by atoms with van der Waals surface area (Å²) < 4.78 is 27.7. The van der Waals surface area contributed by atoms with Crippen LogP contribution in [0.1, 0.15) is 18.4 Å². The van der Waals surface area contributed by atoms with E-state index >= 15 is 0 Å². The molecule has 2 N–H and O–H groups in total. The predicted octanol–water partition coefficient (Wildman–Crippen LogP) is 2.01. The van der Waals surface area contributed by atoms with Crippen molar-refractivity contribution in [2.45, 2.75) is 12.8 Å². The molecule has 0 saturated carbocycles. The number of benzene rings is 1. The fraction of sp³-hybridized carbons (Fsp3) is 0.462. The molecule has 0 radical (unpaired) electrons. The maximum Gasteiger partial charge on any atom is 0.150 e. The number of nitrogens with zero attached hydrogens (tertiary/aromatic N) is 2. The van der Waals surface area contributed by atoms with Gasteiger partial charge in [0.05, 0.1) is 11.6 Å². The third-order valence-corrected chi connectivity index (χ3v) is 3.31. The third-order valence-electron chi connectivity index (χ3n) is 3.31. The fourth-order valence-corrected chi connectivity index (χ4v) is 2.39. The zero-order chi connectivity index (χ0) is 13.1. The molecule has 1 atom stereocenters. The number of anilines is 1. The highest BCUT2D eigenvalue weighted by Gasteiger charge is 2.24. The van der Waals surface area contributed by atoms with Crippen LogP contribution in [0.4, 0.5) is 14.5 Å². The van der Waals surface area contributed by atoms with Gasteiger partial charge in [-0.1, -0.05) is 0 Å². The van der Waals surface area contributed by atoms with Crippen molar-refractivity contribution in [2.75, 3.05) is 24.5 Å². The Balaban J connectivity index is 2.30. The molecule has 5 heteroatoms. The lowest BCUT2D eigenvalue weighted by atomic mass is 9.97. The Morgan fingerprint density at radius 1 is 1.39 bits per heavy atom. The summed E-state index contributed by atoms with van der Waals surface area (Å²) >= 11 is 0. The summed E-state index contributed by atoms with van der Waals surface area (Å²) in [5.74, 6) is -1.08. The minimum Gasteiger partial charge on any atom is -0.366 e. The molecule has 96 valence electrons. The van der Waals surface area contributed by atoms with Gasteiger partial charge in [-0.05, 0) is 37.4 Å². The van der Waals surface area contributed by atoms with Crippen molar-refractivity contribution in [3.63, 3.8) is 0 Å². The standard InChI is InChI=1S/C13H15F2N3/c14-11-4-10(7-17)5-12(15)13(11)18-3-1-2-9(6-16)8-18/h4-5,9H,1-3,6,8,16H2. The van der Waals surface area contributed by atoms with Crippen LogP contribution in [0.3, 0.4) is 0 Å². The monoisotopic (exact) mass is 251 g/mol. The van der Waals surface area contributed by atoms with E-state index in [1.54, 1.807) is 11.0 Å². The summed E-state index contributed by atoms with van der Waals surface area (Å²) in [5.41, 5.74) is 5.57. The quantitative estimate of drug-likeness (QED) is 0.874. The summed E-state index contributed by atoms with van der Waals surface area (Å²) in [7, 11) is 0. The molecule has 1 heterocycles. The maximum absolute atomic E-state index is 13.8. The molecule has 1 fully saturated rings. The number of halogens is 2. The summed E-state index contributed by atoms with van der Waals surface area (Å²) in [5, 5.41) is 8.65. The highest BCUT2D eigenvalue weighted by molar-refractivity contribution is 5.53. The van der Waals surface area contributed by atoms with Gasteiger partial charge in [-0.3, -0.25) is 0 Å². The van der Waals surface area contributed by atoms with Gasteiger partial charge in [0.1, 0.15) is 5.69 Å². The Morgan fingerprint density at radius 3 is 2.61 bits per heavy atom. The third kappa shape index (κ3) is 2.44. The Morgan fingerprint density at radius 2 is 2.06 bits per heavy atom. The van der Waals surface area contributed by atoms with E-state index in [9.17, 15) is 8.78 Å². The lowest BCUT2D eigenvalue weighted by Crippen LogP contribution is -2.39. The zero-order valence-electron chi connectivity index (χ0n) is 10.00. The second-order valence-corrected chi connectivity index (χ2v) is 4.59. The van der Waals surface area contributed by atoms with Gasteiger partial charge in [0.2, 0.25) is 0 Å². The molecule has 0 aliphatic carbocycles. The Kier molecular flexibility index (Phi) is 3.78. The molecule has 2 rings (SSSR count). The molecule has 18 heavy (non-hydrogen) atoms. The number of rotatable bonds is 2. The zero-order valence-corrected chi connectivity index (χ0v) is 10.00. The van der Waals surface area contributed by atoms with Crippen molar-refractivity contribution in [1.29, 1.82) is 5.26 Å². The van der Waals surface area contributed by atoms with E-state index in [0.29, 0.717) is 19.6 Å². The average Bonchev–Trinajstić information content (AvgIpc) is 2.38. The van der Waals surface area contributed by atoms with Crippen molar-refractivity contribution in [3.8, 4) is 6.07 Å². The van der Waals surface area contributed by atoms with E-state index < -0.39 is 11.6 Å². The highest BCUT2D eigenvalue weighted by Crippen LogP contribution is 2.28. The van der Waals surface area contributed by atoms with Gasteiger partial charge in [0, 0.05) is 13.1 Å². The molecule has 1 aliphatic heterocycles. The van der Waals surface area contributed by atoms with Crippen molar-refractivity contribution in [1.82, 2.24) is 0 Å². The molecule has 1 aliphatic rings. The normalized spacial score (nSPS) is 19.7. The van der Waals surface area contributed by atoms with Crippen molar-refractivity contribution < 1.29 is 8.78 Å². The number of piperidine rings is 1. The molecule has 1 unspecified atom stereocenters. The largest absolute Gasteiger partial charge is 0.366 e. The summed E-state index contributed by atoms with van der Waals surface area (Å²) in [6, 6.07) is 3.89. The van der Waals surface area contributed by atoms with E-state index in [0.717, 1.165) is 25.0 Å². The minimum absolute atomic E-state index is 0.00105. The molecular weight excluding hydrogens is 236 g/mol. The van der Waals surface area contributed by atoms with Gasteiger partial charge in [-0.25, -0.2) is 8.78 Å². The van der Waals surface area contributed by atoms with Crippen LogP contribution < -0.4 is 10.6 Å². The van der Waals surface area contributed by atoms with Crippen molar-refractivity contribution in [3.05, 3.63) is 29.3 Å². The fourth-order valence-electron chi connectivity index (χ4n) is 2.39. The topological polar surface area (TPSA) is 53.0 Å². The Labute approximate surface area is 105 Å². The summed E-state index contributed by atoms with van der Waals surface area (Å²) in [6.45, 7) is 1.71. The summed E-state index contributed by atoms with van der Waals surface area (Å²) in [4.78, 5) is 1.69. The Hall–Kier alpha value is -1.67. The molecule has 0 bridgehead atoms. The SMILES string of the molecule is N#Cc1cc(F)c(N2CCCC(CN)C2)c(F)c1. The lowest BCUT2D eigenvalue weighted by Gasteiger charge is -2.34. The maximum atomic E-state index is 13.8. The molecule has 0 spiro atoms. The van der Waals surface area contributed by atoms with E-state index in [-0.39, 0.29) is 17.2 Å².